The third kappa shape index (κ3) is 3.22. The molecule has 1 fully saturated rings. The fourth-order valence-electron chi connectivity index (χ4n) is 3.07. The summed E-state index contributed by atoms with van der Waals surface area (Å²) in [6.07, 6.45) is 1.65. The number of hydrogen-bond acceptors (Lipinski definition) is 6. The summed E-state index contributed by atoms with van der Waals surface area (Å²) in [5.41, 5.74) is 1.56. The summed E-state index contributed by atoms with van der Waals surface area (Å²) in [7, 11) is 0. The van der Waals surface area contributed by atoms with Gasteiger partial charge < -0.3 is 14.5 Å². The van der Waals surface area contributed by atoms with E-state index in [9.17, 15) is 4.79 Å². The second kappa shape index (κ2) is 7.29. The van der Waals surface area contributed by atoms with Crippen LogP contribution in [-0.2, 0) is 0 Å². The maximum atomic E-state index is 12.9. The van der Waals surface area contributed by atoms with Gasteiger partial charge in [-0.25, -0.2) is 9.97 Å². The molecule has 0 radical (unpaired) electrons. The van der Waals surface area contributed by atoms with E-state index in [-0.39, 0.29) is 5.91 Å². The lowest BCUT2D eigenvalue weighted by atomic mass is 10.2. The third-order valence-corrected chi connectivity index (χ3v) is 5.50. The third-order valence-electron chi connectivity index (χ3n) is 4.40. The number of carbonyl (C=O) groups is 1. The molecule has 1 amide bonds. The van der Waals surface area contributed by atoms with Gasteiger partial charge in [-0.05, 0) is 31.2 Å². The highest BCUT2D eigenvalue weighted by Gasteiger charge is 2.26. The number of ether oxygens (including phenoxy) is 1. The monoisotopic (exact) mass is 368 g/mol. The molecular formula is C19H20N4O2S. The van der Waals surface area contributed by atoms with E-state index in [1.165, 1.54) is 4.70 Å². The number of thiazole rings is 1. The molecule has 3 aromatic rings. The van der Waals surface area contributed by atoms with Crippen LogP contribution in [0.4, 0.5) is 5.13 Å². The molecule has 0 saturated carbocycles. The summed E-state index contributed by atoms with van der Waals surface area (Å²) in [5.74, 6) is 0.388. The Bertz CT molecular complexity index is 886. The molecule has 7 heteroatoms. The molecule has 1 aliphatic rings. The van der Waals surface area contributed by atoms with Crippen molar-refractivity contribution in [3.63, 3.8) is 0 Å². The van der Waals surface area contributed by atoms with Crippen LogP contribution in [0.25, 0.3) is 10.2 Å². The standard InChI is InChI=1S/C19H20N4O2S/c1-2-25-17-14(6-5-9-20-17)18(24)22-10-12-23(13-11-22)19-21-15-7-3-4-8-16(15)26-19/h3-9H,2,10-13H2,1H3. The molecule has 0 atom stereocenters. The molecule has 0 aliphatic carbocycles. The minimum atomic E-state index is -0.0227. The molecule has 6 nitrogen and oxygen atoms in total. The van der Waals surface area contributed by atoms with Crippen molar-refractivity contribution in [3.05, 3.63) is 48.2 Å². The smallest absolute Gasteiger partial charge is 0.259 e. The number of nitrogens with zero attached hydrogens (tertiary/aromatic N) is 4. The van der Waals surface area contributed by atoms with Crippen LogP contribution in [0.3, 0.4) is 0 Å². The molecule has 1 saturated heterocycles. The highest BCUT2D eigenvalue weighted by Crippen LogP contribution is 2.29. The van der Waals surface area contributed by atoms with Crippen LogP contribution in [0.15, 0.2) is 42.6 Å². The van der Waals surface area contributed by atoms with Gasteiger partial charge >= 0.3 is 0 Å². The van der Waals surface area contributed by atoms with Crippen molar-refractivity contribution in [1.82, 2.24) is 14.9 Å². The number of rotatable bonds is 4. The molecule has 1 aromatic carbocycles. The van der Waals surface area contributed by atoms with Crippen molar-refractivity contribution in [3.8, 4) is 5.88 Å². The van der Waals surface area contributed by atoms with Crippen molar-refractivity contribution < 1.29 is 9.53 Å². The van der Waals surface area contributed by atoms with Crippen LogP contribution in [0.2, 0.25) is 0 Å². The molecule has 2 aromatic heterocycles. The highest BCUT2D eigenvalue weighted by atomic mass is 32.1. The molecule has 0 N–H and O–H groups in total. The number of hydrogen-bond donors (Lipinski definition) is 0. The Kier molecular flexibility index (Phi) is 4.71. The van der Waals surface area contributed by atoms with Crippen LogP contribution >= 0.6 is 11.3 Å². The lowest BCUT2D eigenvalue weighted by Gasteiger charge is -2.34. The number of anilines is 1. The van der Waals surface area contributed by atoms with Gasteiger partial charge in [0.15, 0.2) is 5.13 Å². The van der Waals surface area contributed by atoms with E-state index >= 15 is 0 Å². The SMILES string of the molecule is CCOc1ncccc1C(=O)N1CCN(c2nc3ccccc3s2)CC1. The number of aromatic nitrogens is 2. The Labute approximate surface area is 156 Å². The van der Waals surface area contributed by atoms with Gasteiger partial charge in [-0.2, -0.15) is 0 Å². The Balaban J connectivity index is 1.45. The first-order valence-corrected chi connectivity index (χ1v) is 9.55. The van der Waals surface area contributed by atoms with Gasteiger partial charge in [-0.15, -0.1) is 0 Å². The number of carbonyl (C=O) groups excluding carboxylic acids is 1. The Morgan fingerprint density at radius 1 is 1.15 bits per heavy atom. The number of benzene rings is 1. The lowest BCUT2D eigenvalue weighted by Crippen LogP contribution is -2.48. The van der Waals surface area contributed by atoms with E-state index in [4.69, 9.17) is 9.72 Å². The van der Waals surface area contributed by atoms with Gasteiger partial charge in [0.2, 0.25) is 5.88 Å². The molecular weight excluding hydrogens is 348 g/mol. The van der Waals surface area contributed by atoms with Crippen LogP contribution in [0.1, 0.15) is 17.3 Å². The van der Waals surface area contributed by atoms with E-state index in [1.54, 1.807) is 29.7 Å². The molecule has 0 bridgehead atoms. The Morgan fingerprint density at radius 2 is 1.96 bits per heavy atom. The highest BCUT2D eigenvalue weighted by molar-refractivity contribution is 7.22. The fraction of sp³-hybridized carbons (Fsp3) is 0.316. The van der Waals surface area contributed by atoms with Crippen molar-refractivity contribution in [2.24, 2.45) is 0 Å². The van der Waals surface area contributed by atoms with Gasteiger partial charge in [0, 0.05) is 32.4 Å². The average Bonchev–Trinajstić information content (AvgIpc) is 3.12. The van der Waals surface area contributed by atoms with Crippen molar-refractivity contribution in [1.29, 1.82) is 0 Å². The lowest BCUT2D eigenvalue weighted by molar-refractivity contribution is 0.0741. The summed E-state index contributed by atoms with van der Waals surface area (Å²) in [4.78, 5) is 25.9. The first-order chi connectivity index (χ1) is 12.8. The molecule has 0 spiro atoms. The fourth-order valence-corrected chi connectivity index (χ4v) is 4.09. The summed E-state index contributed by atoms with van der Waals surface area (Å²) >= 11 is 1.70. The van der Waals surface area contributed by atoms with E-state index in [1.807, 2.05) is 30.0 Å². The molecule has 26 heavy (non-hydrogen) atoms. The topological polar surface area (TPSA) is 58.6 Å². The van der Waals surface area contributed by atoms with Crippen LogP contribution in [0, 0.1) is 0 Å². The number of para-hydroxylation sites is 1. The van der Waals surface area contributed by atoms with Crippen LogP contribution in [-0.4, -0.2) is 53.6 Å². The van der Waals surface area contributed by atoms with E-state index in [0.29, 0.717) is 31.1 Å². The van der Waals surface area contributed by atoms with Gasteiger partial charge in [0.05, 0.1) is 16.8 Å². The zero-order valence-corrected chi connectivity index (χ0v) is 15.4. The van der Waals surface area contributed by atoms with Crippen molar-refractivity contribution in [2.45, 2.75) is 6.92 Å². The zero-order chi connectivity index (χ0) is 17.9. The van der Waals surface area contributed by atoms with Gasteiger partial charge in [-0.3, -0.25) is 4.79 Å². The van der Waals surface area contributed by atoms with Gasteiger partial charge in [0.1, 0.15) is 5.56 Å². The van der Waals surface area contributed by atoms with E-state index in [2.05, 4.69) is 16.0 Å². The van der Waals surface area contributed by atoms with Crippen molar-refractivity contribution in [2.75, 3.05) is 37.7 Å². The summed E-state index contributed by atoms with van der Waals surface area (Å²) in [6, 6.07) is 11.7. The Hall–Kier alpha value is -2.67. The number of piperazine rings is 1. The summed E-state index contributed by atoms with van der Waals surface area (Å²) in [6.45, 7) is 5.25. The predicted octanol–water partition coefficient (Wildman–Crippen LogP) is 3.05. The molecule has 4 rings (SSSR count). The number of amides is 1. The van der Waals surface area contributed by atoms with Gasteiger partial charge in [0.25, 0.3) is 5.91 Å². The molecule has 1 aliphatic heterocycles. The van der Waals surface area contributed by atoms with Crippen LogP contribution < -0.4 is 9.64 Å². The second-order valence-corrected chi connectivity index (χ2v) is 7.04. The van der Waals surface area contributed by atoms with E-state index < -0.39 is 0 Å². The van der Waals surface area contributed by atoms with E-state index in [0.717, 1.165) is 23.7 Å². The maximum absolute atomic E-state index is 12.9. The predicted molar refractivity (Wildman–Crippen MR) is 103 cm³/mol. The normalized spacial score (nSPS) is 14.7. The van der Waals surface area contributed by atoms with Crippen molar-refractivity contribution >= 4 is 32.6 Å². The zero-order valence-electron chi connectivity index (χ0n) is 14.6. The van der Waals surface area contributed by atoms with Crippen LogP contribution in [0.5, 0.6) is 5.88 Å². The average molecular weight is 368 g/mol. The maximum Gasteiger partial charge on any atom is 0.259 e. The number of fused-ring (bicyclic) bond motifs is 1. The summed E-state index contributed by atoms with van der Waals surface area (Å²) in [5, 5.41) is 1.02. The number of pyridine rings is 1. The minimum absolute atomic E-state index is 0.0227. The quantitative estimate of drug-likeness (QED) is 0.708. The second-order valence-electron chi connectivity index (χ2n) is 6.03. The first-order valence-electron chi connectivity index (χ1n) is 8.74. The molecule has 134 valence electrons. The molecule has 0 unspecified atom stereocenters. The molecule has 3 heterocycles. The summed E-state index contributed by atoms with van der Waals surface area (Å²) < 4.78 is 6.69. The first kappa shape index (κ1) is 16.8. The van der Waals surface area contributed by atoms with Gasteiger partial charge in [-0.1, -0.05) is 23.5 Å². The largest absolute Gasteiger partial charge is 0.477 e. The Morgan fingerprint density at radius 3 is 2.73 bits per heavy atom. The minimum Gasteiger partial charge on any atom is -0.477 e.